The lowest BCUT2D eigenvalue weighted by Gasteiger charge is -2.35. The predicted molar refractivity (Wildman–Crippen MR) is 229 cm³/mol. The van der Waals surface area contributed by atoms with Crippen LogP contribution >= 0.6 is 0 Å². The molecule has 1 unspecified atom stereocenters. The number of piperidine rings is 2. The molecule has 62 heavy (non-hydrogen) atoms. The molecule has 2 saturated carbocycles. The van der Waals surface area contributed by atoms with Gasteiger partial charge in [-0.1, -0.05) is 84.9 Å². The summed E-state index contributed by atoms with van der Waals surface area (Å²) < 4.78 is 15.8. The van der Waals surface area contributed by atoms with Crippen molar-refractivity contribution >= 4 is 40.0 Å². The number of H-pyrrole nitrogens is 2. The van der Waals surface area contributed by atoms with E-state index in [9.17, 15) is 14.4 Å². The Balaban J connectivity index is 0.751. The van der Waals surface area contributed by atoms with Crippen LogP contribution in [0, 0.1) is 11.8 Å². The molecule has 8 atom stereocenters. The van der Waals surface area contributed by atoms with Crippen molar-refractivity contribution < 1.29 is 28.6 Å². The minimum atomic E-state index is -0.859. The number of hydrogen-bond acceptors (Lipinski definition) is 9. The van der Waals surface area contributed by atoms with Gasteiger partial charge in [0.15, 0.2) is 6.79 Å². The first-order chi connectivity index (χ1) is 30.4. The SMILES string of the molecule is COC(=O)N[C@@H](C(=O)N1[C@@H]2C[C@@H]2C[C@H]1c1nc2cc(C/C=C/Cc3ccc4[nH]c([C@@H]5C[C@H]6CC6N5C(=O)[C@H](NC5OCO5)c5ccccc5)nc4c3)ccc2[nH]1)c1ccccc1. The Morgan fingerprint density at radius 1 is 0.710 bits per heavy atom. The number of imidazole rings is 2. The predicted octanol–water partition coefficient (Wildman–Crippen LogP) is 6.82. The summed E-state index contributed by atoms with van der Waals surface area (Å²) in [5, 5.41) is 6.03. The molecule has 5 aliphatic rings. The number of amides is 3. The van der Waals surface area contributed by atoms with Gasteiger partial charge in [0.05, 0.1) is 41.3 Å². The molecule has 3 saturated heterocycles. The molecule has 2 aromatic heterocycles. The van der Waals surface area contributed by atoms with Crippen molar-refractivity contribution in [3.8, 4) is 0 Å². The van der Waals surface area contributed by atoms with Crippen molar-refractivity contribution in [2.45, 2.75) is 81.2 Å². The maximum absolute atomic E-state index is 14.3. The number of allylic oxidation sites excluding steroid dienone is 2. The van der Waals surface area contributed by atoms with E-state index in [2.05, 4.69) is 69.2 Å². The Morgan fingerprint density at radius 3 is 1.69 bits per heavy atom. The first-order valence-corrected chi connectivity index (χ1v) is 21.6. The molecule has 4 N–H and O–H groups in total. The highest BCUT2D eigenvalue weighted by molar-refractivity contribution is 5.88. The van der Waals surface area contributed by atoms with Gasteiger partial charge in [-0.3, -0.25) is 14.9 Å². The fraction of sp³-hybridized carbons (Fsp3) is 0.354. The summed E-state index contributed by atoms with van der Waals surface area (Å²) in [5.41, 5.74) is 7.50. The zero-order valence-corrected chi connectivity index (χ0v) is 34.3. The van der Waals surface area contributed by atoms with Crippen LogP contribution in [0.2, 0.25) is 0 Å². The van der Waals surface area contributed by atoms with E-state index in [0.29, 0.717) is 17.4 Å². The zero-order chi connectivity index (χ0) is 41.9. The molecule has 5 heterocycles. The van der Waals surface area contributed by atoms with E-state index in [1.807, 2.05) is 70.5 Å². The number of alkyl carbamates (subject to hydrolysis) is 1. The molecule has 11 rings (SSSR count). The van der Waals surface area contributed by atoms with Crippen LogP contribution in [0.1, 0.15) is 83.8 Å². The maximum Gasteiger partial charge on any atom is 0.407 e. The highest BCUT2D eigenvalue weighted by Crippen LogP contribution is 2.55. The van der Waals surface area contributed by atoms with E-state index in [1.165, 1.54) is 7.11 Å². The van der Waals surface area contributed by atoms with E-state index < -0.39 is 24.6 Å². The molecule has 4 aromatic carbocycles. The fourth-order valence-electron chi connectivity index (χ4n) is 9.92. The summed E-state index contributed by atoms with van der Waals surface area (Å²) >= 11 is 0. The van der Waals surface area contributed by atoms with Gasteiger partial charge in [0.1, 0.15) is 23.7 Å². The number of aromatic amines is 2. The van der Waals surface area contributed by atoms with Crippen molar-refractivity contribution in [3.63, 3.8) is 0 Å². The van der Waals surface area contributed by atoms with Crippen molar-refractivity contribution in [3.05, 3.63) is 143 Å². The third-order valence-electron chi connectivity index (χ3n) is 13.3. The largest absolute Gasteiger partial charge is 0.453 e. The second-order valence-electron chi connectivity index (χ2n) is 17.2. The van der Waals surface area contributed by atoms with E-state index >= 15 is 0 Å². The number of benzene rings is 4. The summed E-state index contributed by atoms with van der Waals surface area (Å²) in [7, 11) is 1.30. The van der Waals surface area contributed by atoms with E-state index in [-0.39, 0.29) is 42.8 Å². The molecular weight excluding hydrogens is 785 g/mol. The van der Waals surface area contributed by atoms with Crippen LogP contribution in [0.3, 0.4) is 0 Å². The summed E-state index contributed by atoms with van der Waals surface area (Å²) in [6.07, 6.45) is 8.31. The van der Waals surface area contributed by atoms with E-state index in [4.69, 9.17) is 24.2 Å². The van der Waals surface area contributed by atoms with Gasteiger partial charge in [0.25, 0.3) is 5.91 Å². The Morgan fingerprint density at radius 2 is 1.21 bits per heavy atom. The van der Waals surface area contributed by atoms with E-state index in [0.717, 1.165) is 88.9 Å². The minimum Gasteiger partial charge on any atom is -0.453 e. The molecule has 2 aliphatic carbocycles. The van der Waals surface area contributed by atoms with Gasteiger partial charge in [-0.2, -0.15) is 0 Å². The number of hydrogen-bond donors (Lipinski definition) is 4. The second-order valence-corrected chi connectivity index (χ2v) is 17.2. The summed E-state index contributed by atoms with van der Waals surface area (Å²) in [5.74, 6) is 2.35. The Labute approximate surface area is 358 Å². The van der Waals surface area contributed by atoms with E-state index in [1.54, 1.807) is 0 Å². The number of likely N-dealkylation sites (tertiary alicyclic amines) is 2. The average molecular weight is 833 g/mol. The number of nitrogens with zero attached hydrogens (tertiary/aromatic N) is 4. The molecule has 3 amide bonds. The van der Waals surface area contributed by atoms with Crippen LogP contribution in [0.4, 0.5) is 4.79 Å². The lowest BCUT2D eigenvalue weighted by atomic mass is 10.0. The molecule has 5 fully saturated rings. The number of rotatable bonds is 13. The van der Waals surface area contributed by atoms with Crippen molar-refractivity contribution in [1.82, 2.24) is 40.4 Å². The molecule has 0 radical (unpaired) electrons. The summed E-state index contributed by atoms with van der Waals surface area (Å²) in [4.78, 5) is 61.9. The van der Waals surface area contributed by atoms with Crippen LogP contribution in [0.25, 0.3) is 22.1 Å². The molecule has 0 bridgehead atoms. The normalized spacial score (nSPS) is 24.8. The van der Waals surface area contributed by atoms with Crippen LogP contribution in [0.15, 0.2) is 109 Å². The molecule has 316 valence electrons. The third kappa shape index (κ3) is 7.31. The number of aromatic nitrogens is 4. The quantitative estimate of drug-likeness (QED) is 0.0914. The summed E-state index contributed by atoms with van der Waals surface area (Å²) in [6.45, 7) is 0.218. The number of carbonyl (C=O) groups is 3. The van der Waals surface area contributed by atoms with Gasteiger partial charge in [0.2, 0.25) is 12.3 Å². The maximum atomic E-state index is 14.3. The molecule has 6 aromatic rings. The Hall–Kier alpha value is -6.35. The monoisotopic (exact) mass is 832 g/mol. The third-order valence-corrected chi connectivity index (χ3v) is 13.3. The molecule has 14 heteroatoms. The first kappa shape index (κ1) is 38.6. The van der Waals surface area contributed by atoms with Gasteiger partial charge in [0, 0.05) is 12.1 Å². The summed E-state index contributed by atoms with van der Waals surface area (Å²) in [6, 6.07) is 30.2. The van der Waals surface area contributed by atoms with Crippen molar-refractivity contribution in [2.75, 3.05) is 13.9 Å². The van der Waals surface area contributed by atoms with Gasteiger partial charge in [-0.25, -0.2) is 14.8 Å². The lowest BCUT2D eigenvalue weighted by molar-refractivity contribution is -0.335. The smallest absolute Gasteiger partial charge is 0.407 e. The van der Waals surface area contributed by atoms with Crippen molar-refractivity contribution in [2.24, 2.45) is 11.8 Å². The van der Waals surface area contributed by atoms with Crippen LogP contribution in [-0.2, 0) is 36.6 Å². The van der Waals surface area contributed by atoms with Gasteiger partial charge >= 0.3 is 6.09 Å². The molecule has 0 spiro atoms. The standard InChI is InChI=1S/C48H48N8O6/c1-60-47(59)53-41(29-12-4-2-5-13-29)45(57)55-37-22-31(37)24-39(55)43-49-33-18-16-27(20-35(33)51-43)10-8-9-11-28-17-19-34-36(21-28)52-44(50-34)40-25-32-23-38(32)56(40)46(58)42(54-48-61-26-62-48)30-14-6-3-7-15-30/h2-9,12-21,31-32,37-42,48,54H,10-11,22-26H2,1H3,(H,49,51)(H,50,52)(H,53,59)/b9-8+/t31-,32-,37-,38?,39+,40+,41-,42-/m1/s1. The number of fused-ring (bicyclic) bond motifs is 4. The van der Waals surface area contributed by atoms with Gasteiger partial charge in [-0.05, 0) is 96.9 Å². The van der Waals surface area contributed by atoms with Crippen molar-refractivity contribution in [1.29, 1.82) is 0 Å². The first-order valence-electron chi connectivity index (χ1n) is 21.6. The number of methoxy groups -OCH3 is 1. The van der Waals surface area contributed by atoms with Gasteiger partial charge < -0.3 is 39.3 Å². The average Bonchev–Trinajstić information content (AvgIpc) is 3.95. The minimum absolute atomic E-state index is 0.00998. The number of nitrogens with one attached hydrogen (secondary N) is 4. The highest BCUT2D eigenvalue weighted by Gasteiger charge is 2.57. The Bertz CT molecular complexity index is 2680. The second kappa shape index (κ2) is 15.8. The fourth-order valence-corrected chi connectivity index (χ4v) is 9.92. The van der Waals surface area contributed by atoms with Crippen LogP contribution in [0.5, 0.6) is 0 Å². The van der Waals surface area contributed by atoms with Crippen LogP contribution in [-0.4, -0.2) is 80.0 Å². The zero-order valence-electron chi connectivity index (χ0n) is 34.3. The molecule has 14 nitrogen and oxygen atoms in total. The van der Waals surface area contributed by atoms with Crippen LogP contribution < -0.4 is 10.6 Å². The Kier molecular flexibility index (Phi) is 9.85. The number of carbonyl (C=O) groups excluding carboxylic acids is 3. The topological polar surface area (TPSA) is 167 Å². The molecular formula is C48H48N8O6. The number of ether oxygens (including phenoxy) is 3. The highest BCUT2D eigenvalue weighted by atomic mass is 16.9. The van der Waals surface area contributed by atoms with Gasteiger partial charge in [-0.15, -0.1) is 0 Å². The molecule has 3 aliphatic heterocycles. The lowest BCUT2D eigenvalue weighted by Crippen LogP contribution is -2.50.